The zero-order chi connectivity index (χ0) is 17.5. The molecule has 1 rings (SSSR count). The summed E-state index contributed by atoms with van der Waals surface area (Å²) in [6, 6.07) is 0. The molecule has 0 fully saturated rings. The number of nitrogens with zero attached hydrogens (tertiary/aromatic N) is 3. The van der Waals surface area contributed by atoms with Gasteiger partial charge in [-0.05, 0) is 6.92 Å². The molecule has 0 aliphatic heterocycles. The molecular formula is C14H22F3N5O. The molecule has 0 bridgehead atoms. The van der Waals surface area contributed by atoms with Crippen molar-refractivity contribution in [1.29, 1.82) is 0 Å². The zero-order valence-electron chi connectivity index (χ0n) is 13.2. The molecule has 0 radical (unpaired) electrons. The van der Waals surface area contributed by atoms with Crippen LogP contribution in [-0.2, 0) is 12.6 Å². The van der Waals surface area contributed by atoms with E-state index >= 15 is 0 Å². The van der Waals surface area contributed by atoms with Gasteiger partial charge in [0.15, 0.2) is 5.96 Å². The van der Waals surface area contributed by atoms with E-state index in [1.165, 1.54) is 19.4 Å². The van der Waals surface area contributed by atoms with Crippen LogP contribution in [0.25, 0.3) is 0 Å². The Balaban J connectivity index is 2.91. The Morgan fingerprint density at radius 2 is 2.17 bits per heavy atom. The van der Waals surface area contributed by atoms with Gasteiger partial charge in [0, 0.05) is 45.5 Å². The largest absolute Gasteiger partial charge is 0.424 e. The van der Waals surface area contributed by atoms with Crippen molar-refractivity contribution in [3.63, 3.8) is 0 Å². The molecule has 1 heterocycles. The van der Waals surface area contributed by atoms with Crippen LogP contribution < -0.4 is 10.6 Å². The summed E-state index contributed by atoms with van der Waals surface area (Å²) < 4.78 is 41.1. The van der Waals surface area contributed by atoms with Crippen LogP contribution in [0.15, 0.2) is 30.0 Å². The number of aromatic nitrogens is 2. The lowest BCUT2D eigenvalue weighted by molar-refractivity contribution is -0.272. The number of hydrogen-bond donors (Lipinski definition) is 3. The van der Waals surface area contributed by atoms with Gasteiger partial charge in [0.2, 0.25) is 5.60 Å². The molecule has 1 aromatic rings. The third-order valence-electron chi connectivity index (χ3n) is 3.16. The van der Waals surface area contributed by atoms with Crippen molar-refractivity contribution in [2.75, 3.05) is 19.6 Å². The van der Waals surface area contributed by atoms with Gasteiger partial charge < -0.3 is 20.3 Å². The van der Waals surface area contributed by atoms with Gasteiger partial charge in [0.05, 0.1) is 0 Å². The summed E-state index contributed by atoms with van der Waals surface area (Å²) in [4.78, 5) is 7.68. The highest BCUT2D eigenvalue weighted by Crippen LogP contribution is 2.40. The van der Waals surface area contributed by atoms with E-state index in [2.05, 4.69) is 27.2 Å². The van der Waals surface area contributed by atoms with Gasteiger partial charge in [-0.2, -0.15) is 13.2 Å². The summed E-state index contributed by atoms with van der Waals surface area (Å²) in [5.74, 6) is -0.0963. The van der Waals surface area contributed by atoms with Gasteiger partial charge in [-0.3, -0.25) is 4.99 Å². The Kier molecular flexibility index (Phi) is 6.62. The highest BCUT2D eigenvalue weighted by atomic mass is 19.4. The second-order valence-electron chi connectivity index (χ2n) is 4.90. The lowest BCUT2D eigenvalue weighted by atomic mass is 9.98. The molecule has 0 amide bonds. The number of guanidine groups is 1. The first-order chi connectivity index (χ1) is 10.8. The fraction of sp³-hybridized carbons (Fsp3) is 0.571. The van der Waals surface area contributed by atoms with Crippen LogP contribution in [0.1, 0.15) is 19.2 Å². The quantitative estimate of drug-likeness (QED) is 0.399. The number of halogens is 3. The normalized spacial score (nSPS) is 15.1. The average molecular weight is 333 g/mol. The lowest BCUT2D eigenvalue weighted by Gasteiger charge is -2.29. The number of rotatable bonds is 7. The number of alkyl halides is 3. The average Bonchev–Trinajstić information content (AvgIpc) is 2.90. The molecule has 0 aromatic carbocycles. The van der Waals surface area contributed by atoms with Crippen LogP contribution in [0.4, 0.5) is 13.2 Å². The first-order valence-corrected chi connectivity index (χ1v) is 7.16. The summed E-state index contributed by atoms with van der Waals surface area (Å²) in [6.07, 6.45) is -1.32. The summed E-state index contributed by atoms with van der Waals surface area (Å²) in [5.41, 5.74) is -3.05. The van der Waals surface area contributed by atoms with E-state index in [1.54, 1.807) is 6.08 Å². The predicted molar refractivity (Wildman–Crippen MR) is 82.0 cm³/mol. The van der Waals surface area contributed by atoms with Gasteiger partial charge in [-0.1, -0.05) is 6.08 Å². The second kappa shape index (κ2) is 8.00. The molecular weight excluding hydrogens is 311 g/mol. The Labute approximate surface area is 133 Å². The van der Waals surface area contributed by atoms with Crippen LogP contribution in [0.3, 0.4) is 0 Å². The fourth-order valence-corrected chi connectivity index (χ4v) is 1.98. The first kappa shape index (κ1) is 19.0. The smallest absolute Gasteiger partial charge is 0.374 e. The van der Waals surface area contributed by atoms with Crippen molar-refractivity contribution in [2.45, 2.75) is 25.1 Å². The molecule has 9 heteroatoms. The van der Waals surface area contributed by atoms with E-state index in [4.69, 9.17) is 0 Å². The van der Waals surface area contributed by atoms with Crippen molar-refractivity contribution < 1.29 is 18.3 Å². The molecule has 0 aliphatic carbocycles. The molecule has 3 N–H and O–H groups in total. The molecule has 1 unspecified atom stereocenters. The molecule has 1 atom stereocenters. The van der Waals surface area contributed by atoms with Crippen LogP contribution in [0, 0.1) is 0 Å². The van der Waals surface area contributed by atoms with E-state index in [1.807, 2.05) is 6.92 Å². The third-order valence-corrected chi connectivity index (χ3v) is 3.16. The molecule has 0 saturated carbocycles. The van der Waals surface area contributed by atoms with Crippen LogP contribution in [-0.4, -0.2) is 46.4 Å². The topological polar surface area (TPSA) is 74.5 Å². The second-order valence-corrected chi connectivity index (χ2v) is 4.90. The Bertz CT molecular complexity index is 541. The maximum Gasteiger partial charge on any atom is 0.424 e. The van der Waals surface area contributed by atoms with E-state index in [-0.39, 0.29) is 6.54 Å². The monoisotopic (exact) mass is 333 g/mol. The van der Waals surface area contributed by atoms with E-state index in [0.29, 0.717) is 19.0 Å². The lowest BCUT2D eigenvalue weighted by Crippen LogP contribution is -2.45. The minimum absolute atomic E-state index is 0.227. The van der Waals surface area contributed by atoms with Crippen molar-refractivity contribution in [2.24, 2.45) is 12.0 Å². The van der Waals surface area contributed by atoms with Crippen molar-refractivity contribution >= 4 is 5.96 Å². The number of aliphatic imine (C=N–C) groups is 1. The minimum atomic E-state index is -4.85. The maximum atomic E-state index is 13.3. The number of hydrogen-bond acceptors (Lipinski definition) is 3. The van der Waals surface area contributed by atoms with Crippen molar-refractivity contribution in [3.8, 4) is 0 Å². The Morgan fingerprint density at radius 1 is 1.48 bits per heavy atom. The minimum Gasteiger partial charge on any atom is -0.374 e. The van der Waals surface area contributed by atoms with Crippen LogP contribution in [0.5, 0.6) is 0 Å². The molecule has 130 valence electrons. The van der Waals surface area contributed by atoms with Crippen molar-refractivity contribution in [3.05, 3.63) is 30.9 Å². The SMILES string of the molecule is C=CCNC(=NCCC(O)(c1nccn1C)C(F)(F)F)NCC. The summed E-state index contributed by atoms with van der Waals surface area (Å²) in [5, 5.41) is 15.9. The summed E-state index contributed by atoms with van der Waals surface area (Å²) >= 11 is 0. The zero-order valence-corrected chi connectivity index (χ0v) is 13.2. The Hall–Kier alpha value is -2.03. The molecule has 23 heavy (non-hydrogen) atoms. The van der Waals surface area contributed by atoms with Crippen LogP contribution in [0.2, 0.25) is 0 Å². The van der Waals surface area contributed by atoms with Gasteiger partial charge in [0.25, 0.3) is 0 Å². The van der Waals surface area contributed by atoms with Gasteiger partial charge in [-0.15, -0.1) is 6.58 Å². The number of aryl methyl sites for hydroxylation is 1. The third kappa shape index (κ3) is 4.72. The first-order valence-electron chi connectivity index (χ1n) is 7.16. The maximum absolute atomic E-state index is 13.3. The van der Waals surface area contributed by atoms with E-state index in [0.717, 1.165) is 4.57 Å². The van der Waals surface area contributed by atoms with Crippen molar-refractivity contribution in [1.82, 2.24) is 20.2 Å². The molecule has 6 nitrogen and oxygen atoms in total. The highest BCUT2D eigenvalue weighted by molar-refractivity contribution is 5.79. The summed E-state index contributed by atoms with van der Waals surface area (Å²) in [7, 11) is 1.40. The number of aliphatic hydroxyl groups is 1. The standard InChI is InChI=1S/C14H22F3N5O/c1-4-7-20-12(18-5-2)21-8-6-13(23,14(15,16)17)11-19-9-10-22(11)3/h4,9-10,23H,1,5-8H2,2-3H3,(H2,18,20,21). The molecule has 0 spiro atoms. The van der Waals surface area contributed by atoms with Gasteiger partial charge in [-0.25, -0.2) is 4.98 Å². The van der Waals surface area contributed by atoms with Gasteiger partial charge >= 0.3 is 6.18 Å². The molecule has 0 saturated heterocycles. The summed E-state index contributed by atoms with van der Waals surface area (Å²) in [6.45, 7) is 6.14. The van der Waals surface area contributed by atoms with Crippen LogP contribution >= 0.6 is 0 Å². The predicted octanol–water partition coefficient (Wildman–Crippen LogP) is 1.30. The fourth-order valence-electron chi connectivity index (χ4n) is 1.98. The number of nitrogens with one attached hydrogen (secondary N) is 2. The Morgan fingerprint density at radius 3 is 2.65 bits per heavy atom. The molecule has 1 aromatic heterocycles. The number of imidazole rings is 1. The molecule has 0 aliphatic rings. The van der Waals surface area contributed by atoms with E-state index < -0.39 is 24.0 Å². The van der Waals surface area contributed by atoms with Gasteiger partial charge in [0.1, 0.15) is 5.82 Å². The van der Waals surface area contributed by atoms with E-state index in [9.17, 15) is 18.3 Å². The highest BCUT2D eigenvalue weighted by Gasteiger charge is 2.57.